The standard InChI is InChI=1S/C21H23ClN4OS/c22-14-4-3-5-15(12-14)23-20-19-16-6-1-2-7-17(16)28-21(19)25-18(24-20)13-26-8-10-27-11-9-26/h3-5,12H,1-2,6-11,13H2,(H,23,24,25). The Kier molecular flexibility index (Phi) is 5.20. The highest BCUT2D eigenvalue weighted by atomic mass is 35.5. The van der Waals surface area contributed by atoms with E-state index in [1.807, 2.05) is 35.6 Å². The molecule has 28 heavy (non-hydrogen) atoms. The van der Waals surface area contributed by atoms with Crippen LogP contribution >= 0.6 is 22.9 Å². The van der Waals surface area contributed by atoms with Gasteiger partial charge in [-0.25, -0.2) is 9.97 Å². The van der Waals surface area contributed by atoms with Crippen molar-refractivity contribution in [3.8, 4) is 0 Å². The zero-order chi connectivity index (χ0) is 18.9. The van der Waals surface area contributed by atoms with Crippen LogP contribution in [-0.4, -0.2) is 41.2 Å². The molecule has 1 N–H and O–H groups in total. The molecule has 3 aromatic rings. The molecule has 5 rings (SSSR count). The highest BCUT2D eigenvalue weighted by Gasteiger charge is 2.22. The van der Waals surface area contributed by atoms with Gasteiger partial charge >= 0.3 is 0 Å². The zero-order valence-corrected chi connectivity index (χ0v) is 17.3. The second kappa shape index (κ2) is 7.95. The molecule has 146 valence electrons. The fourth-order valence-electron chi connectivity index (χ4n) is 4.03. The van der Waals surface area contributed by atoms with Crippen LogP contribution in [-0.2, 0) is 24.1 Å². The number of nitrogens with one attached hydrogen (secondary N) is 1. The van der Waals surface area contributed by atoms with E-state index in [0.29, 0.717) is 0 Å². The van der Waals surface area contributed by atoms with Crippen LogP contribution in [0.5, 0.6) is 0 Å². The van der Waals surface area contributed by atoms with Crippen LogP contribution in [0.4, 0.5) is 11.5 Å². The highest BCUT2D eigenvalue weighted by Crippen LogP contribution is 2.39. The molecule has 1 aliphatic heterocycles. The van der Waals surface area contributed by atoms with Gasteiger partial charge < -0.3 is 10.1 Å². The van der Waals surface area contributed by atoms with Crippen LogP contribution in [0.25, 0.3) is 10.2 Å². The molecule has 7 heteroatoms. The molecule has 1 aliphatic carbocycles. The van der Waals surface area contributed by atoms with E-state index in [1.165, 1.54) is 28.7 Å². The Morgan fingerprint density at radius 1 is 1.14 bits per heavy atom. The van der Waals surface area contributed by atoms with Crippen molar-refractivity contribution in [2.75, 3.05) is 31.6 Å². The van der Waals surface area contributed by atoms with Gasteiger partial charge in [-0.1, -0.05) is 17.7 Å². The van der Waals surface area contributed by atoms with Crippen LogP contribution < -0.4 is 5.32 Å². The summed E-state index contributed by atoms with van der Waals surface area (Å²) in [5, 5.41) is 5.45. The number of anilines is 2. The van der Waals surface area contributed by atoms with Crippen molar-refractivity contribution in [2.24, 2.45) is 0 Å². The van der Waals surface area contributed by atoms with E-state index in [0.717, 1.165) is 72.9 Å². The minimum atomic E-state index is 0.719. The van der Waals surface area contributed by atoms with Crippen LogP contribution in [0.3, 0.4) is 0 Å². The number of benzene rings is 1. The number of aryl methyl sites for hydroxylation is 2. The molecule has 0 spiro atoms. The Balaban J connectivity index is 1.56. The van der Waals surface area contributed by atoms with E-state index in [9.17, 15) is 0 Å². The Morgan fingerprint density at radius 3 is 2.86 bits per heavy atom. The Hall–Kier alpha value is -1.73. The number of halogens is 1. The second-order valence-corrected chi connectivity index (χ2v) is 8.92. The Bertz CT molecular complexity index is 999. The van der Waals surface area contributed by atoms with Crippen LogP contribution in [0, 0.1) is 0 Å². The Labute approximate surface area is 173 Å². The van der Waals surface area contributed by atoms with E-state index in [2.05, 4.69) is 10.2 Å². The Morgan fingerprint density at radius 2 is 2.00 bits per heavy atom. The van der Waals surface area contributed by atoms with Crippen LogP contribution in [0.1, 0.15) is 29.1 Å². The first kappa shape index (κ1) is 18.3. The fraction of sp³-hybridized carbons (Fsp3) is 0.429. The van der Waals surface area contributed by atoms with Crippen molar-refractivity contribution in [2.45, 2.75) is 32.2 Å². The van der Waals surface area contributed by atoms with Crippen LogP contribution in [0.2, 0.25) is 5.02 Å². The van der Waals surface area contributed by atoms with Gasteiger partial charge in [-0.15, -0.1) is 11.3 Å². The first-order chi connectivity index (χ1) is 13.8. The van der Waals surface area contributed by atoms with Crippen molar-refractivity contribution < 1.29 is 4.74 Å². The molecule has 0 saturated carbocycles. The average Bonchev–Trinajstić information content (AvgIpc) is 3.07. The summed E-state index contributed by atoms with van der Waals surface area (Å²) < 4.78 is 5.47. The summed E-state index contributed by atoms with van der Waals surface area (Å²) in [5.41, 5.74) is 2.40. The molecular weight excluding hydrogens is 392 g/mol. The molecule has 1 aromatic carbocycles. The summed E-state index contributed by atoms with van der Waals surface area (Å²) in [5.74, 6) is 1.78. The van der Waals surface area contributed by atoms with Crippen molar-refractivity contribution in [3.63, 3.8) is 0 Å². The fourth-order valence-corrected chi connectivity index (χ4v) is 5.50. The van der Waals surface area contributed by atoms with Gasteiger partial charge in [-0.3, -0.25) is 4.90 Å². The lowest BCUT2D eigenvalue weighted by molar-refractivity contribution is 0.0331. The number of thiophene rings is 1. The molecule has 1 saturated heterocycles. The highest BCUT2D eigenvalue weighted by molar-refractivity contribution is 7.19. The molecule has 5 nitrogen and oxygen atoms in total. The molecule has 0 bridgehead atoms. The molecule has 0 amide bonds. The number of rotatable bonds is 4. The zero-order valence-electron chi connectivity index (χ0n) is 15.7. The van der Waals surface area contributed by atoms with Gasteiger partial charge in [0.25, 0.3) is 0 Å². The number of fused-ring (bicyclic) bond motifs is 3. The van der Waals surface area contributed by atoms with Gasteiger partial charge in [0.05, 0.1) is 25.1 Å². The lowest BCUT2D eigenvalue weighted by atomic mass is 9.97. The molecule has 0 radical (unpaired) electrons. The number of nitrogens with zero attached hydrogens (tertiary/aromatic N) is 3. The summed E-state index contributed by atoms with van der Waals surface area (Å²) in [6, 6.07) is 7.82. The minimum Gasteiger partial charge on any atom is -0.379 e. The van der Waals surface area contributed by atoms with E-state index < -0.39 is 0 Å². The van der Waals surface area contributed by atoms with Gasteiger partial charge in [0.2, 0.25) is 0 Å². The molecule has 2 aliphatic rings. The summed E-state index contributed by atoms with van der Waals surface area (Å²) >= 11 is 8.04. The number of hydrogen-bond donors (Lipinski definition) is 1. The summed E-state index contributed by atoms with van der Waals surface area (Å²) in [4.78, 5) is 14.9. The van der Waals surface area contributed by atoms with Gasteiger partial charge in [-0.05, 0) is 49.4 Å². The van der Waals surface area contributed by atoms with Crippen molar-refractivity contribution >= 4 is 44.7 Å². The van der Waals surface area contributed by atoms with E-state index >= 15 is 0 Å². The van der Waals surface area contributed by atoms with E-state index in [-0.39, 0.29) is 0 Å². The van der Waals surface area contributed by atoms with Crippen molar-refractivity contribution in [1.82, 2.24) is 14.9 Å². The first-order valence-electron chi connectivity index (χ1n) is 9.90. The van der Waals surface area contributed by atoms with E-state index in [4.69, 9.17) is 26.3 Å². The van der Waals surface area contributed by atoms with Gasteiger partial charge in [0.1, 0.15) is 16.5 Å². The SMILES string of the molecule is Clc1cccc(Nc2nc(CN3CCOCC3)nc3sc4c(c23)CCCC4)c1. The van der Waals surface area contributed by atoms with Crippen LogP contribution in [0.15, 0.2) is 24.3 Å². The normalized spacial score (nSPS) is 17.6. The lowest BCUT2D eigenvalue weighted by Crippen LogP contribution is -2.36. The molecule has 1 fully saturated rings. The number of ether oxygens (including phenoxy) is 1. The molecule has 0 unspecified atom stereocenters. The maximum atomic E-state index is 6.19. The van der Waals surface area contributed by atoms with Gasteiger partial charge in [0, 0.05) is 28.7 Å². The van der Waals surface area contributed by atoms with E-state index in [1.54, 1.807) is 0 Å². The van der Waals surface area contributed by atoms with Crippen molar-refractivity contribution in [1.29, 1.82) is 0 Å². The summed E-state index contributed by atoms with van der Waals surface area (Å²) in [6.45, 7) is 4.18. The predicted octanol–water partition coefficient (Wildman–Crippen LogP) is 4.80. The monoisotopic (exact) mass is 414 g/mol. The third-order valence-electron chi connectivity index (χ3n) is 5.42. The largest absolute Gasteiger partial charge is 0.379 e. The number of hydrogen-bond acceptors (Lipinski definition) is 6. The lowest BCUT2D eigenvalue weighted by Gasteiger charge is -2.25. The average molecular weight is 415 g/mol. The number of morpholine rings is 1. The van der Waals surface area contributed by atoms with Gasteiger partial charge in [-0.2, -0.15) is 0 Å². The minimum absolute atomic E-state index is 0.719. The van der Waals surface area contributed by atoms with Crippen molar-refractivity contribution in [3.05, 3.63) is 45.6 Å². The smallest absolute Gasteiger partial charge is 0.146 e. The predicted molar refractivity (Wildman–Crippen MR) is 115 cm³/mol. The maximum absolute atomic E-state index is 6.19. The first-order valence-corrected chi connectivity index (χ1v) is 11.1. The molecule has 0 atom stereocenters. The molecule has 3 heterocycles. The molecule has 2 aromatic heterocycles. The third-order valence-corrected chi connectivity index (χ3v) is 6.84. The third kappa shape index (κ3) is 3.74. The van der Waals surface area contributed by atoms with Gasteiger partial charge in [0.15, 0.2) is 0 Å². The maximum Gasteiger partial charge on any atom is 0.146 e. The molecular formula is C21H23ClN4OS. The second-order valence-electron chi connectivity index (χ2n) is 7.40. The number of aromatic nitrogens is 2. The summed E-state index contributed by atoms with van der Waals surface area (Å²) in [6.07, 6.45) is 4.79. The summed E-state index contributed by atoms with van der Waals surface area (Å²) in [7, 11) is 0. The quantitative estimate of drug-likeness (QED) is 0.664. The topological polar surface area (TPSA) is 50.3 Å².